The second-order valence-electron chi connectivity index (χ2n) is 4.94. The first-order valence-electron chi connectivity index (χ1n) is 6.95. The molecule has 110 valence electrons. The summed E-state index contributed by atoms with van der Waals surface area (Å²) in [6.07, 6.45) is 0. The number of phenols is 1. The molecule has 19 heavy (non-hydrogen) atoms. The summed E-state index contributed by atoms with van der Waals surface area (Å²) in [7, 11) is 0. The highest BCUT2D eigenvalue weighted by Crippen LogP contribution is 2.20. The lowest BCUT2D eigenvalue weighted by atomic mass is 10.2. The molecular formula is C15H27BrN2O. The number of hydrogen-bond acceptors (Lipinski definition) is 2. The third kappa shape index (κ3) is 5.03. The van der Waals surface area contributed by atoms with Gasteiger partial charge in [-0.1, -0.05) is 6.07 Å². The molecule has 4 heteroatoms. The molecular weight excluding hydrogens is 304 g/mol. The zero-order valence-corrected chi connectivity index (χ0v) is 14.1. The predicted octanol–water partition coefficient (Wildman–Crippen LogP) is -0.00698. The van der Waals surface area contributed by atoms with E-state index in [0.29, 0.717) is 5.75 Å². The summed E-state index contributed by atoms with van der Waals surface area (Å²) in [5.41, 5.74) is 1.92. The SMILES string of the molecule is CC[N+](CC)(CC)CCNc1ccc(C)c(O)c1.[Br-]. The number of rotatable bonds is 7. The Bertz CT molecular complexity index is 370. The van der Waals surface area contributed by atoms with Gasteiger partial charge in [0.1, 0.15) is 5.75 Å². The van der Waals surface area contributed by atoms with Gasteiger partial charge in [0, 0.05) is 11.8 Å². The van der Waals surface area contributed by atoms with Crippen LogP contribution in [-0.2, 0) is 0 Å². The van der Waals surface area contributed by atoms with Crippen LogP contribution >= 0.6 is 0 Å². The van der Waals surface area contributed by atoms with Crippen molar-refractivity contribution in [1.29, 1.82) is 0 Å². The minimum absolute atomic E-state index is 0. The monoisotopic (exact) mass is 330 g/mol. The van der Waals surface area contributed by atoms with Crippen molar-refractivity contribution < 1.29 is 26.6 Å². The fourth-order valence-corrected chi connectivity index (χ4v) is 2.30. The molecule has 1 aromatic rings. The molecule has 2 N–H and O–H groups in total. The molecule has 0 atom stereocenters. The van der Waals surface area contributed by atoms with Crippen molar-refractivity contribution in [3.8, 4) is 5.75 Å². The molecule has 0 heterocycles. The van der Waals surface area contributed by atoms with Crippen molar-refractivity contribution in [2.75, 3.05) is 38.0 Å². The van der Waals surface area contributed by atoms with E-state index in [9.17, 15) is 5.11 Å². The zero-order chi connectivity index (χ0) is 13.6. The van der Waals surface area contributed by atoms with Crippen LogP contribution in [0.25, 0.3) is 0 Å². The molecule has 0 saturated heterocycles. The van der Waals surface area contributed by atoms with Gasteiger partial charge < -0.3 is 31.9 Å². The van der Waals surface area contributed by atoms with Crippen molar-refractivity contribution in [3.63, 3.8) is 0 Å². The van der Waals surface area contributed by atoms with E-state index >= 15 is 0 Å². The largest absolute Gasteiger partial charge is 1.00 e. The van der Waals surface area contributed by atoms with Crippen LogP contribution in [0.4, 0.5) is 5.69 Å². The number of hydrogen-bond donors (Lipinski definition) is 2. The Kier molecular flexibility index (Phi) is 8.11. The van der Waals surface area contributed by atoms with Gasteiger partial charge in [-0.3, -0.25) is 0 Å². The molecule has 0 radical (unpaired) electrons. The number of halogens is 1. The number of benzene rings is 1. The van der Waals surface area contributed by atoms with Crippen LogP contribution in [0.1, 0.15) is 26.3 Å². The van der Waals surface area contributed by atoms with Gasteiger partial charge in [-0.15, -0.1) is 0 Å². The van der Waals surface area contributed by atoms with Crippen LogP contribution in [0.15, 0.2) is 18.2 Å². The number of nitrogens with one attached hydrogen (secondary N) is 1. The number of aryl methyl sites for hydroxylation is 1. The lowest BCUT2D eigenvalue weighted by molar-refractivity contribution is -0.921. The standard InChI is InChI=1S/C15H26N2O.BrH/c1-5-17(6-2,7-3)11-10-16-14-9-8-13(4)15(18)12-14;/h8-9,12,16H,5-7,10-11H2,1-4H3;1H. The predicted molar refractivity (Wildman–Crippen MR) is 78.1 cm³/mol. The normalized spacial score (nSPS) is 10.9. The summed E-state index contributed by atoms with van der Waals surface area (Å²) in [5, 5.41) is 13.0. The maximum Gasteiger partial charge on any atom is 0.120 e. The highest BCUT2D eigenvalue weighted by atomic mass is 79.9. The molecule has 1 rings (SSSR count). The fourth-order valence-electron chi connectivity index (χ4n) is 2.30. The molecule has 3 nitrogen and oxygen atoms in total. The molecule has 0 aromatic heterocycles. The number of quaternary nitrogens is 1. The Hall–Kier alpha value is -0.740. The van der Waals surface area contributed by atoms with Gasteiger partial charge in [-0.2, -0.15) is 0 Å². The van der Waals surface area contributed by atoms with E-state index in [1.807, 2.05) is 19.1 Å². The Balaban J connectivity index is 0.00000324. The summed E-state index contributed by atoms with van der Waals surface area (Å²) in [4.78, 5) is 0. The molecule has 1 aromatic carbocycles. The first-order valence-corrected chi connectivity index (χ1v) is 6.95. The van der Waals surface area contributed by atoms with E-state index < -0.39 is 0 Å². The number of phenolic OH excluding ortho intramolecular Hbond substituents is 1. The lowest BCUT2D eigenvalue weighted by Gasteiger charge is -2.35. The van der Waals surface area contributed by atoms with Crippen molar-refractivity contribution in [3.05, 3.63) is 23.8 Å². The number of anilines is 1. The maximum absolute atomic E-state index is 9.65. The summed E-state index contributed by atoms with van der Waals surface area (Å²) >= 11 is 0. The Morgan fingerprint density at radius 3 is 2.16 bits per heavy atom. The third-order valence-corrected chi connectivity index (χ3v) is 4.14. The quantitative estimate of drug-likeness (QED) is 0.689. The highest BCUT2D eigenvalue weighted by molar-refractivity contribution is 5.50. The smallest absolute Gasteiger partial charge is 0.120 e. The van der Waals surface area contributed by atoms with Crippen molar-refractivity contribution in [2.24, 2.45) is 0 Å². The number of likely N-dealkylation sites (N-methyl/N-ethyl adjacent to an activating group) is 1. The topological polar surface area (TPSA) is 32.3 Å². The molecule has 0 spiro atoms. The molecule has 0 bridgehead atoms. The first kappa shape index (κ1) is 18.3. The number of aromatic hydroxyl groups is 1. The average Bonchev–Trinajstić information content (AvgIpc) is 2.39. The van der Waals surface area contributed by atoms with E-state index in [1.165, 1.54) is 19.6 Å². The summed E-state index contributed by atoms with van der Waals surface area (Å²) < 4.78 is 1.14. The van der Waals surface area contributed by atoms with Crippen LogP contribution in [-0.4, -0.2) is 42.3 Å². The van der Waals surface area contributed by atoms with E-state index in [-0.39, 0.29) is 17.0 Å². The molecule has 0 aliphatic rings. The van der Waals surface area contributed by atoms with Crippen LogP contribution in [0.3, 0.4) is 0 Å². The second kappa shape index (κ2) is 8.43. The van der Waals surface area contributed by atoms with Crippen molar-refractivity contribution in [1.82, 2.24) is 0 Å². The summed E-state index contributed by atoms with van der Waals surface area (Å²) in [5.74, 6) is 0.363. The van der Waals surface area contributed by atoms with E-state index in [0.717, 1.165) is 28.8 Å². The van der Waals surface area contributed by atoms with E-state index in [4.69, 9.17) is 0 Å². The molecule has 0 unspecified atom stereocenters. The minimum Gasteiger partial charge on any atom is -1.00 e. The fraction of sp³-hybridized carbons (Fsp3) is 0.600. The van der Waals surface area contributed by atoms with Crippen LogP contribution < -0.4 is 22.3 Å². The zero-order valence-electron chi connectivity index (χ0n) is 12.5. The van der Waals surface area contributed by atoms with E-state index in [2.05, 4.69) is 26.1 Å². The Morgan fingerprint density at radius 2 is 1.68 bits per heavy atom. The van der Waals surface area contributed by atoms with Crippen molar-refractivity contribution in [2.45, 2.75) is 27.7 Å². The van der Waals surface area contributed by atoms with Gasteiger partial charge in [0.25, 0.3) is 0 Å². The first-order chi connectivity index (χ1) is 8.56. The summed E-state index contributed by atoms with van der Waals surface area (Å²) in [6.45, 7) is 14.3. The van der Waals surface area contributed by atoms with Gasteiger partial charge in [-0.25, -0.2) is 0 Å². The van der Waals surface area contributed by atoms with Gasteiger partial charge in [0.05, 0.1) is 32.7 Å². The van der Waals surface area contributed by atoms with Crippen LogP contribution in [0.2, 0.25) is 0 Å². The Labute approximate surface area is 128 Å². The third-order valence-electron chi connectivity index (χ3n) is 4.14. The van der Waals surface area contributed by atoms with Crippen LogP contribution in [0.5, 0.6) is 5.75 Å². The van der Waals surface area contributed by atoms with Gasteiger partial charge in [0.15, 0.2) is 0 Å². The van der Waals surface area contributed by atoms with Gasteiger partial charge in [-0.05, 0) is 39.3 Å². The molecule has 0 fully saturated rings. The van der Waals surface area contributed by atoms with Gasteiger partial charge >= 0.3 is 0 Å². The average molecular weight is 331 g/mol. The molecule has 0 aliphatic heterocycles. The Morgan fingerprint density at radius 1 is 1.11 bits per heavy atom. The van der Waals surface area contributed by atoms with Crippen molar-refractivity contribution >= 4 is 5.69 Å². The summed E-state index contributed by atoms with van der Waals surface area (Å²) in [6, 6.07) is 5.76. The van der Waals surface area contributed by atoms with E-state index in [1.54, 1.807) is 6.07 Å². The lowest BCUT2D eigenvalue weighted by Crippen LogP contribution is -3.00. The van der Waals surface area contributed by atoms with Gasteiger partial charge in [0.2, 0.25) is 0 Å². The molecule has 0 saturated carbocycles. The highest BCUT2D eigenvalue weighted by Gasteiger charge is 2.19. The maximum atomic E-state index is 9.65. The molecule has 0 amide bonds. The number of nitrogens with zero attached hydrogens (tertiary/aromatic N) is 1. The van der Waals surface area contributed by atoms with Crippen LogP contribution in [0, 0.1) is 6.92 Å². The molecule has 0 aliphatic carbocycles. The second-order valence-corrected chi connectivity index (χ2v) is 4.94. The minimum atomic E-state index is 0.